The Hall–Kier alpha value is -1.15. The van der Waals surface area contributed by atoms with Crippen LogP contribution in [0.4, 0.5) is 0 Å². The Labute approximate surface area is 82.0 Å². The molecule has 0 unspecified atom stereocenters. The average Bonchev–Trinajstić information content (AvgIpc) is 2.04. The molecule has 13 heavy (non-hydrogen) atoms. The number of quaternary nitrogens is 1. The predicted octanol–water partition coefficient (Wildman–Crippen LogP) is 1.67. The molecular formula is C11H22NO+. The molecule has 0 aliphatic rings. The van der Waals surface area contributed by atoms with E-state index in [9.17, 15) is 4.79 Å². The van der Waals surface area contributed by atoms with E-state index in [0.29, 0.717) is 0 Å². The maximum Gasteiger partial charge on any atom is 0.145 e. The van der Waals surface area contributed by atoms with Crippen LogP contribution in [0.5, 0.6) is 0 Å². The summed E-state index contributed by atoms with van der Waals surface area (Å²) in [7, 11) is 1.96. The maximum atomic E-state index is 10.1. The van der Waals surface area contributed by atoms with Gasteiger partial charge in [-0.1, -0.05) is 33.1 Å². The molecule has 0 aromatic heterocycles. The van der Waals surface area contributed by atoms with Crippen LogP contribution in [0.1, 0.15) is 21.8 Å². The van der Waals surface area contributed by atoms with E-state index < -0.39 is 0 Å². The molecule has 0 rings (SSSR count). The molecule has 0 spiro atoms. The highest BCUT2D eigenvalue weighted by Gasteiger charge is 1.76. The van der Waals surface area contributed by atoms with Crippen LogP contribution in [0.25, 0.3) is 0 Å². The second-order valence-corrected chi connectivity index (χ2v) is 2.13. The highest BCUT2D eigenvalue weighted by molar-refractivity contribution is 5.72. The minimum absolute atomic E-state index is 0. The molecule has 2 N–H and O–H groups in total. The van der Waals surface area contributed by atoms with Crippen LogP contribution in [0.3, 0.4) is 0 Å². The van der Waals surface area contributed by atoms with Crippen LogP contribution in [0, 0.1) is 0 Å². The number of hydrogen-bond donors (Lipinski definition) is 1. The van der Waals surface area contributed by atoms with Crippen molar-refractivity contribution in [2.75, 3.05) is 7.05 Å². The van der Waals surface area contributed by atoms with Gasteiger partial charge in [0.05, 0.1) is 13.2 Å². The number of hydrogen-bond acceptors (Lipinski definition) is 1. The van der Waals surface area contributed by atoms with E-state index in [1.54, 1.807) is 13.0 Å². The van der Waals surface area contributed by atoms with Crippen molar-refractivity contribution < 1.29 is 10.1 Å². The molecular weight excluding hydrogens is 162 g/mol. The summed E-state index contributed by atoms with van der Waals surface area (Å²) < 4.78 is 0. The Balaban J connectivity index is -0.000000500. The van der Waals surface area contributed by atoms with E-state index in [-0.39, 0.29) is 14.9 Å². The number of aldehydes is 1. The second-order valence-electron chi connectivity index (χ2n) is 2.13. The minimum atomic E-state index is 0. The number of allylic oxidation sites excluding steroid dienone is 5. The smallest absolute Gasteiger partial charge is 0.145 e. The van der Waals surface area contributed by atoms with E-state index in [1.165, 1.54) is 0 Å². The number of rotatable bonds is 4. The van der Waals surface area contributed by atoms with Gasteiger partial charge in [0.25, 0.3) is 0 Å². The minimum Gasteiger partial charge on any atom is -0.322 e. The first-order chi connectivity index (χ1) is 5.31. The fraction of sp³-hybridized carbons (Fsp3) is 0.364. The van der Waals surface area contributed by atoms with Crippen molar-refractivity contribution in [3.8, 4) is 0 Å². The van der Waals surface area contributed by atoms with E-state index in [2.05, 4.69) is 0 Å². The number of carbonyl (C=O) groups is 1. The highest BCUT2D eigenvalue weighted by atomic mass is 16.1. The molecule has 76 valence electrons. The Morgan fingerprint density at radius 2 is 1.77 bits per heavy atom. The van der Waals surface area contributed by atoms with Gasteiger partial charge in [0.1, 0.15) is 6.29 Å². The molecule has 2 heteroatoms. The first kappa shape index (κ1) is 17.8. The van der Waals surface area contributed by atoms with Gasteiger partial charge < -0.3 is 5.32 Å². The Morgan fingerprint density at radius 1 is 1.15 bits per heavy atom. The third kappa shape index (κ3) is 13.8. The van der Waals surface area contributed by atoms with Crippen molar-refractivity contribution in [2.45, 2.75) is 21.8 Å². The van der Waals surface area contributed by atoms with Crippen molar-refractivity contribution >= 4 is 6.29 Å². The quantitative estimate of drug-likeness (QED) is 0.402. The van der Waals surface area contributed by atoms with Crippen molar-refractivity contribution in [3.63, 3.8) is 0 Å². The van der Waals surface area contributed by atoms with Crippen molar-refractivity contribution in [2.24, 2.45) is 0 Å². The predicted molar refractivity (Wildman–Crippen MR) is 59.4 cm³/mol. The molecule has 0 fully saturated rings. The van der Waals surface area contributed by atoms with Gasteiger partial charge in [-0.2, -0.15) is 0 Å². The maximum absolute atomic E-state index is 10.1. The third-order valence-electron chi connectivity index (χ3n) is 1.07. The van der Waals surface area contributed by atoms with E-state index >= 15 is 0 Å². The Kier molecular flexibility index (Phi) is 18.4. The molecule has 0 atom stereocenters. The summed E-state index contributed by atoms with van der Waals surface area (Å²) in [6.45, 7) is 1.77. The topological polar surface area (TPSA) is 33.7 Å². The van der Waals surface area contributed by atoms with Crippen molar-refractivity contribution in [1.29, 1.82) is 0 Å². The summed E-state index contributed by atoms with van der Waals surface area (Å²) in [6.07, 6.45) is 10.2. The monoisotopic (exact) mass is 184 g/mol. The molecule has 0 aromatic rings. The summed E-state index contributed by atoms with van der Waals surface area (Å²) in [5, 5.41) is 1.95. The molecule has 0 aromatic carbocycles. The highest BCUT2D eigenvalue weighted by Crippen LogP contribution is 1.86. The van der Waals surface area contributed by atoms with Crippen LogP contribution < -0.4 is 5.32 Å². The van der Waals surface area contributed by atoms with Gasteiger partial charge in [0, 0.05) is 0 Å². The zero-order valence-electron chi connectivity index (χ0n) is 6.95. The molecule has 0 aliphatic heterocycles. The van der Waals surface area contributed by atoms with Gasteiger partial charge >= 0.3 is 0 Å². The lowest BCUT2D eigenvalue weighted by Gasteiger charge is -1.79. The lowest BCUT2D eigenvalue weighted by molar-refractivity contribution is -0.556. The summed E-state index contributed by atoms with van der Waals surface area (Å²) in [5.41, 5.74) is 0.732. The molecule has 0 amide bonds. The summed E-state index contributed by atoms with van der Waals surface area (Å²) >= 11 is 0. The van der Waals surface area contributed by atoms with E-state index in [1.807, 2.05) is 36.8 Å². The molecule has 0 heterocycles. The molecule has 0 bridgehead atoms. The van der Waals surface area contributed by atoms with Gasteiger partial charge in [-0.25, -0.2) is 0 Å². The zero-order chi connectivity index (χ0) is 8.53. The van der Waals surface area contributed by atoms with Gasteiger partial charge in [0.15, 0.2) is 0 Å². The molecule has 0 saturated heterocycles. The number of nitrogens with two attached hydrogens (primary N) is 1. The van der Waals surface area contributed by atoms with E-state index in [4.69, 9.17) is 0 Å². The number of carbonyl (C=O) groups excluding carboxylic acids is 1. The second kappa shape index (κ2) is 13.4. The SMILES string of the molecule is C.C.C[NH2+]C=CC=CC=C(C)C=O. The zero-order valence-corrected chi connectivity index (χ0v) is 6.95. The molecule has 0 aliphatic carbocycles. The molecule has 0 saturated carbocycles. The lowest BCUT2D eigenvalue weighted by atomic mass is 10.3. The van der Waals surface area contributed by atoms with Crippen molar-refractivity contribution in [3.05, 3.63) is 36.1 Å². The first-order valence-corrected chi connectivity index (χ1v) is 3.56. The summed E-state index contributed by atoms with van der Waals surface area (Å²) in [6, 6.07) is 0. The van der Waals surface area contributed by atoms with Crippen LogP contribution in [-0.2, 0) is 4.79 Å². The Bertz CT molecular complexity index is 190. The van der Waals surface area contributed by atoms with Gasteiger partial charge in [0.2, 0.25) is 0 Å². The summed E-state index contributed by atoms with van der Waals surface area (Å²) in [5.74, 6) is 0. The summed E-state index contributed by atoms with van der Waals surface area (Å²) in [4.78, 5) is 10.1. The third-order valence-corrected chi connectivity index (χ3v) is 1.07. The standard InChI is InChI=1S/C9H13NO.2CH4/c1-9(8-11)6-4-3-5-7-10-2;;/h3-8,10H,1-2H3;2*1H4/p+1. The largest absolute Gasteiger partial charge is 0.322 e. The van der Waals surface area contributed by atoms with Crippen LogP contribution in [-0.4, -0.2) is 13.3 Å². The van der Waals surface area contributed by atoms with Crippen LogP contribution >= 0.6 is 0 Å². The normalized spacial score (nSPS) is 11.1. The molecule has 2 nitrogen and oxygen atoms in total. The fourth-order valence-electron chi connectivity index (χ4n) is 0.486. The fourth-order valence-corrected chi connectivity index (χ4v) is 0.486. The van der Waals surface area contributed by atoms with E-state index in [0.717, 1.165) is 11.9 Å². The van der Waals surface area contributed by atoms with Gasteiger partial charge in [-0.05, 0) is 18.6 Å². The van der Waals surface area contributed by atoms with Crippen LogP contribution in [0.2, 0.25) is 0 Å². The van der Waals surface area contributed by atoms with Crippen LogP contribution in [0.15, 0.2) is 36.1 Å². The van der Waals surface area contributed by atoms with Gasteiger partial charge in [-0.15, -0.1) is 0 Å². The first-order valence-electron chi connectivity index (χ1n) is 3.56. The lowest BCUT2D eigenvalue weighted by Crippen LogP contribution is -2.72. The Morgan fingerprint density at radius 3 is 2.23 bits per heavy atom. The average molecular weight is 184 g/mol. The van der Waals surface area contributed by atoms with Crippen molar-refractivity contribution in [1.82, 2.24) is 0 Å². The van der Waals surface area contributed by atoms with Gasteiger partial charge in [-0.3, -0.25) is 4.79 Å². The molecule has 0 radical (unpaired) electrons.